The number of Topliss-reactive ketones (excluding diaryl/α,β-unsaturated/α-hetero) is 1. The van der Waals surface area contributed by atoms with Crippen LogP contribution in [-0.4, -0.2) is 30.8 Å². The van der Waals surface area contributed by atoms with Crippen molar-refractivity contribution in [3.05, 3.63) is 80.8 Å². The van der Waals surface area contributed by atoms with Crippen LogP contribution in [-0.2, 0) is 4.79 Å². The molecule has 0 radical (unpaired) electrons. The lowest BCUT2D eigenvalue weighted by molar-refractivity contribution is -0.113. The van der Waals surface area contributed by atoms with E-state index in [9.17, 15) is 4.79 Å². The van der Waals surface area contributed by atoms with Crippen LogP contribution < -0.4 is 0 Å². The molecule has 0 amide bonds. The summed E-state index contributed by atoms with van der Waals surface area (Å²) in [6.45, 7) is 1.20. The molecule has 0 saturated carbocycles. The first-order chi connectivity index (χ1) is 11.5. The smallest absolute Gasteiger partial charge is 0.187 e. The van der Waals surface area contributed by atoms with Crippen molar-refractivity contribution in [2.24, 2.45) is 0 Å². The third-order valence-corrected chi connectivity index (χ3v) is 4.62. The van der Waals surface area contributed by atoms with Crippen molar-refractivity contribution in [3.8, 4) is 0 Å². The summed E-state index contributed by atoms with van der Waals surface area (Å²) < 4.78 is 0. The summed E-state index contributed by atoms with van der Waals surface area (Å²) in [6, 6.07) is 15.1. The van der Waals surface area contributed by atoms with Crippen LogP contribution in [0.5, 0.6) is 0 Å². The van der Waals surface area contributed by atoms with Crippen LogP contribution in [0.2, 0.25) is 10.0 Å². The number of hydrogen-bond acceptors (Lipinski definition) is 2. The Morgan fingerprint density at radius 2 is 1.24 bits per heavy atom. The van der Waals surface area contributed by atoms with Gasteiger partial charge in [0.1, 0.15) is 0 Å². The van der Waals surface area contributed by atoms with E-state index in [0.717, 1.165) is 22.3 Å². The van der Waals surface area contributed by atoms with Crippen molar-refractivity contribution in [3.63, 3.8) is 0 Å². The molecule has 2 nitrogen and oxygen atoms in total. The Kier molecular flexibility index (Phi) is 6.86. The number of carbonyl (C=O) groups is 1. The lowest BCUT2D eigenvalue weighted by Crippen LogP contribution is -2.34. The van der Waals surface area contributed by atoms with Gasteiger partial charge in [0.25, 0.3) is 0 Å². The average molecular weight is 395 g/mol. The van der Waals surface area contributed by atoms with Crippen molar-refractivity contribution in [1.29, 1.82) is 0 Å². The monoisotopic (exact) mass is 393 g/mol. The highest BCUT2D eigenvalue weighted by Gasteiger charge is 2.24. The van der Waals surface area contributed by atoms with Gasteiger partial charge in [-0.05, 0) is 42.5 Å². The average Bonchev–Trinajstić information content (AvgIpc) is 2.56. The summed E-state index contributed by atoms with van der Waals surface area (Å²) in [5, 5.41) is 1.28. The van der Waals surface area contributed by atoms with E-state index in [1.165, 1.54) is 0 Å². The number of halogens is 3. The van der Waals surface area contributed by atoms with Crippen molar-refractivity contribution < 1.29 is 4.79 Å². The van der Waals surface area contributed by atoms with Gasteiger partial charge in [0.2, 0.25) is 0 Å². The number of likely N-dealkylation sites (tertiary alicyclic amines) is 1. The Balaban J connectivity index is 0.00000225. The molecule has 0 bridgehead atoms. The van der Waals surface area contributed by atoms with Crippen LogP contribution in [0.1, 0.15) is 11.1 Å². The molecule has 1 aliphatic heterocycles. The molecule has 2 aromatic rings. The van der Waals surface area contributed by atoms with Crippen LogP contribution in [0, 0.1) is 0 Å². The molecule has 25 heavy (non-hydrogen) atoms. The van der Waals surface area contributed by atoms with Gasteiger partial charge in [-0.25, -0.2) is 0 Å². The van der Waals surface area contributed by atoms with Crippen LogP contribution >= 0.6 is 35.6 Å². The first kappa shape index (κ1) is 19.7. The molecule has 0 unspecified atom stereocenters. The van der Waals surface area contributed by atoms with Crippen molar-refractivity contribution in [2.45, 2.75) is 0 Å². The fourth-order valence-corrected chi connectivity index (χ4v) is 3.15. The number of nitrogens with zero attached hydrogens (tertiary/aromatic N) is 1. The molecule has 1 fully saturated rings. The molecule has 0 aliphatic carbocycles. The van der Waals surface area contributed by atoms with E-state index in [-0.39, 0.29) is 18.2 Å². The van der Waals surface area contributed by atoms with Gasteiger partial charge >= 0.3 is 0 Å². The maximum atomic E-state index is 12.9. The molecule has 0 N–H and O–H groups in total. The van der Waals surface area contributed by atoms with E-state index in [2.05, 4.69) is 4.90 Å². The number of hydrogen-bond donors (Lipinski definition) is 0. The van der Waals surface area contributed by atoms with Crippen molar-refractivity contribution in [2.75, 3.05) is 20.1 Å². The largest absolute Gasteiger partial charge is 0.298 e. The fraction of sp³-hybridized carbons (Fsp3) is 0.150. The minimum absolute atomic E-state index is 0. The Labute approximate surface area is 164 Å². The quantitative estimate of drug-likeness (QED) is 0.636. The Morgan fingerprint density at radius 1 is 0.840 bits per heavy atom. The van der Waals surface area contributed by atoms with E-state index in [4.69, 9.17) is 23.2 Å². The number of ketones is 1. The second kappa shape index (κ2) is 8.68. The summed E-state index contributed by atoms with van der Waals surface area (Å²) in [5.74, 6) is 0.0490. The number of piperidine rings is 1. The molecule has 1 saturated heterocycles. The predicted octanol–water partition coefficient (Wildman–Crippen LogP) is 5.40. The van der Waals surface area contributed by atoms with E-state index in [0.29, 0.717) is 23.1 Å². The Hall–Kier alpha value is -1.58. The van der Waals surface area contributed by atoms with Crippen LogP contribution in [0.15, 0.2) is 59.7 Å². The minimum atomic E-state index is 0. The lowest BCUT2D eigenvalue weighted by Gasteiger charge is -2.26. The third-order valence-electron chi connectivity index (χ3n) is 3.93. The Morgan fingerprint density at radius 3 is 1.64 bits per heavy atom. The number of rotatable bonds is 2. The highest BCUT2D eigenvalue weighted by atomic mass is 35.5. The van der Waals surface area contributed by atoms with Gasteiger partial charge in [-0.1, -0.05) is 59.6 Å². The highest BCUT2D eigenvalue weighted by molar-refractivity contribution is 6.33. The zero-order valence-corrected chi connectivity index (χ0v) is 16.0. The number of carbonyl (C=O) groups excluding carboxylic acids is 1. The molecule has 130 valence electrons. The SMILES string of the molecule is CN1CC(=Cc2ccccc2Cl)C(=O)C(=Cc2ccccc2Cl)C1.Cl. The van der Waals surface area contributed by atoms with Crippen LogP contribution in [0.25, 0.3) is 12.2 Å². The topological polar surface area (TPSA) is 20.3 Å². The summed E-state index contributed by atoms with van der Waals surface area (Å²) in [5.41, 5.74) is 3.18. The maximum absolute atomic E-state index is 12.9. The first-order valence-electron chi connectivity index (χ1n) is 7.68. The second-order valence-electron chi connectivity index (χ2n) is 5.88. The summed E-state index contributed by atoms with van der Waals surface area (Å²) in [7, 11) is 1.99. The number of benzene rings is 2. The molecule has 1 aliphatic rings. The minimum Gasteiger partial charge on any atom is -0.298 e. The zero-order valence-electron chi connectivity index (χ0n) is 13.7. The first-order valence-corrected chi connectivity index (χ1v) is 8.43. The summed E-state index contributed by atoms with van der Waals surface area (Å²) in [4.78, 5) is 15.0. The van der Waals surface area contributed by atoms with Crippen LogP contribution in [0.4, 0.5) is 0 Å². The fourth-order valence-electron chi connectivity index (χ4n) is 2.77. The zero-order chi connectivity index (χ0) is 17.1. The predicted molar refractivity (Wildman–Crippen MR) is 109 cm³/mol. The molecular weight excluding hydrogens is 377 g/mol. The third kappa shape index (κ3) is 4.74. The molecule has 0 aromatic heterocycles. The second-order valence-corrected chi connectivity index (χ2v) is 6.70. The van der Waals surface area contributed by atoms with Crippen molar-refractivity contribution >= 4 is 53.5 Å². The van der Waals surface area contributed by atoms with E-state index >= 15 is 0 Å². The van der Waals surface area contributed by atoms with Gasteiger partial charge in [0, 0.05) is 34.3 Å². The van der Waals surface area contributed by atoms with Crippen LogP contribution in [0.3, 0.4) is 0 Å². The number of likely N-dealkylation sites (N-methyl/N-ethyl adjacent to an activating group) is 1. The summed E-state index contributed by atoms with van der Waals surface area (Å²) in [6.07, 6.45) is 3.75. The molecule has 0 spiro atoms. The molecule has 5 heteroatoms. The maximum Gasteiger partial charge on any atom is 0.187 e. The van der Waals surface area contributed by atoms with Gasteiger partial charge in [-0.15, -0.1) is 12.4 Å². The molecule has 3 rings (SSSR count). The lowest BCUT2D eigenvalue weighted by atomic mass is 9.94. The van der Waals surface area contributed by atoms with E-state index in [1.807, 2.05) is 67.7 Å². The van der Waals surface area contributed by atoms with E-state index < -0.39 is 0 Å². The van der Waals surface area contributed by atoms with Gasteiger partial charge in [-0.3, -0.25) is 9.69 Å². The molecule has 2 aromatic carbocycles. The summed E-state index contributed by atoms with van der Waals surface area (Å²) >= 11 is 12.4. The molecular formula is C20H18Cl3NO. The van der Waals surface area contributed by atoms with Gasteiger partial charge in [0.05, 0.1) is 0 Å². The van der Waals surface area contributed by atoms with E-state index in [1.54, 1.807) is 0 Å². The standard InChI is InChI=1S/C20H17Cl2NO.ClH/c1-23-12-16(10-14-6-2-4-8-18(14)21)20(24)17(13-23)11-15-7-3-5-9-19(15)22;/h2-11H,12-13H2,1H3;1H. The van der Waals surface area contributed by atoms with Gasteiger partial charge in [0.15, 0.2) is 5.78 Å². The normalized spacial score (nSPS) is 18.4. The molecule has 0 atom stereocenters. The van der Waals surface area contributed by atoms with Crippen molar-refractivity contribution in [1.82, 2.24) is 4.90 Å². The Bertz CT molecular complexity index is 775. The van der Waals surface area contributed by atoms with Gasteiger partial charge in [-0.2, -0.15) is 0 Å². The van der Waals surface area contributed by atoms with Gasteiger partial charge < -0.3 is 0 Å². The molecule has 1 heterocycles. The highest BCUT2D eigenvalue weighted by Crippen LogP contribution is 2.25.